The van der Waals surface area contributed by atoms with Gasteiger partial charge in [0.2, 0.25) is 0 Å². The summed E-state index contributed by atoms with van der Waals surface area (Å²) in [4.78, 5) is 25.4. The van der Waals surface area contributed by atoms with E-state index in [2.05, 4.69) is 25.1 Å². The first kappa shape index (κ1) is 25.9. The summed E-state index contributed by atoms with van der Waals surface area (Å²) in [6.45, 7) is 3.97. The fourth-order valence-corrected chi connectivity index (χ4v) is 5.17. The Morgan fingerprint density at radius 1 is 1.13 bits per heavy atom. The number of hydrogen-bond acceptors (Lipinski definition) is 7. The second-order valence-electron chi connectivity index (χ2n) is 8.91. The molecule has 3 aromatic heterocycles. The summed E-state index contributed by atoms with van der Waals surface area (Å²) in [6, 6.07) is 11.3. The van der Waals surface area contributed by atoms with Gasteiger partial charge in [0.25, 0.3) is 5.91 Å². The molecule has 0 atom stereocenters. The molecule has 1 aliphatic heterocycles. The molecule has 1 amide bonds. The zero-order valence-corrected chi connectivity index (χ0v) is 21.5. The van der Waals surface area contributed by atoms with Crippen LogP contribution in [0.25, 0.3) is 22.0 Å². The number of carbonyl (C=O) groups is 1. The highest BCUT2D eigenvalue weighted by atomic mass is 32.1. The molecule has 1 N–H and O–H groups in total. The fraction of sp³-hybridized carbons (Fsp3) is 0.296. The molecule has 1 aromatic carbocycles. The number of thiophene rings is 1. The molecule has 1 aliphatic rings. The van der Waals surface area contributed by atoms with Gasteiger partial charge in [0.1, 0.15) is 17.3 Å². The van der Waals surface area contributed by atoms with E-state index in [0.717, 1.165) is 24.7 Å². The average Bonchev–Trinajstić information content (AvgIpc) is 3.47. The number of rotatable bonds is 7. The molecule has 11 heteroatoms. The number of piperazine rings is 1. The molecule has 4 aromatic rings. The number of hydrogen-bond donors (Lipinski definition) is 1. The van der Waals surface area contributed by atoms with Crippen molar-refractivity contribution in [3.05, 3.63) is 70.7 Å². The monoisotopic (exact) mass is 541 g/mol. The summed E-state index contributed by atoms with van der Waals surface area (Å²) < 4.78 is 45.5. The van der Waals surface area contributed by atoms with Gasteiger partial charge in [0, 0.05) is 62.0 Å². The summed E-state index contributed by atoms with van der Waals surface area (Å²) in [5.74, 6) is 1.10. The molecule has 0 aliphatic carbocycles. The molecule has 1 fully saturated rings. The minimum Gasteiger partial charge on any atom is -0.497 e. The van der Waals surface area contributed by atoms with Gasteiger partial charge in [-0.15, -0.1) is 0 Å². The Bertz CT molecular complexity index is 1420. The number of amides is 1. The number of halogens is 3. The van der Waals surface area contributed by atoms with Crippen molar-refractivity contribution in [2.45, 2.75) is 6.18 Å². The van der Waals surface area contributed by atoms with E-state index in [1.54, 1.807) is 37.6 Å². The van der Waals surface area contributed by atoms with Gasteiger partial charge < -0.3 is 15.0 Å². The van der Waals surface area contributed by atoms with E-state index in [1.807, 2.05) is 16.8 Å². The molecule has 0 saturated carbocycles. The van der Waals surface area contributed by atoms with Gasteiger partial charge in [-0.3, -0.25) is 9.69 Å². The van der Waals surface area contributed by atoms with E-state index in [4.69, 9.17) is 4.74 Å². The number of nitrogens with one attached hydrogen (secondary N) is 1. The number of anilines is 1. The third kappa shape index (κ3) is 5.58. The normalized spacial score (nSPS) is 14.6. The van der Waals surface area contributed by atoms with Crippen LogP contribution in [0, 0.1) is 0 Å². The summed E-state index contributed by atoms with van der Waals surface area (Å²) in [5.41, 5.74) is 1.30. The minimum absolute atomic E-state index is 0.158. The van der Waals surface area contributed by atoms with Gasteiger partial charge in [-0.05, 0) is 52.7 Å². The number of pyridine rings is 2. The average molecular weight is 542 g/mol. The van der Waals surface area contributed by atoms with Crippen molar-refractivity contribution >= 4 is 34.0 Å². The van der Waals surface area contributed by atoms with Gasteiger partial charge in [0.05, 0.1) is 12.6 Å². The van der Waals surface area contributed by atoms with Gasteiger partial charge in [-0.2, -0.15) is 24.5 Å². The van der Waals surface area contributed by atoms with Crippen molar-refractivity contribution < 1.29 is 22.7 Å². The van der Waals surface area contributed by atoms with Crippen LogP contribution in [-0.4, -0.2) is 67.2 Å². The predicted octanol–water partition coefficient (Wildman–Crippen LogP) is 4.94. The van der Waals surface area contributed by atoms with Crippen molar-refractivity contribution in [3.8, 4) is 16.9 Å². The number of methoxy groups -OCH3 is 1. The largest absolute Gasteiger partial charge is 0.497 e. The Labute approximate surface area is 221 Å². The maximum absolute atomic E-state index is 13.4. The highest BCUT2D eigenvalue weighted by Crippen LogP contribution is 2.36. The first-order valence-corrected chi connectivity index (χ1v) is 13.1. The molecule has 0 radical (unpaired) electrons. The summed E-state index contributed by atoms with van der Waals surface area (Å²) in [6.07, 6.45) is -2.91. The third-order valence-corrected chi connectivity index (χ3v) is 7.23. The zero-order valence-electron chi connectivity index (χ0n) is 20.7. The van der Waals surface area contributed by atoms with E-state index in [1.165, 1.54) is 17.4 Å². The molecular formula is C27H26F3N5O2S. The maximum atomic E-state index is 13.4. The maximum Gasteiger partial charge on any atom is 0.433 e. The van der Waals surface area contributed by atoms with Crippen molar-refractivity contribution in [1.82, 2.24) is 20.2 Å². The standard InChI is InChI=1S/C27H26F3N5O2S/c1-37-20-4-2-3-18(15-20)26(36)31-8-9-34-10-12-35(13-11-34)25-21-5-6-23(27(28,29)30)33-24(21)22(16-32-25)19-7-14-38-17-19/h2-7,14-17H,8-13H2,1H3,(H,31,36). The smallest absolute Gasteiger partial charge is 0.433 e. The first-order valence-electron chi connectivity index (χ1n) is 12.1. The Balaban J connectivity index is 1.26. The Morgan fingerprint density at radius 3 is 2.66 bits per heavy atom. The highest BCUT2D eigenvalue weighted by molar-refractivity contribution is 7.08. The number of carbonyl (C=O) groups excluding carboxylic acids is 1. The number of ether oxygens (including phenoxy) is 1. The number of nitrogens with zero attached hydrogens (tertiary/aromatic N) is 4. The lowest BCUT2D eigenvalue weighted by molar-refractivity contribution is -0.140. The van der Waals surface area contributed by atoms with Gasteiger partial charge in [0.15, 0.2) is 0 Å². The van der Waals surface area contributed by atoms with Crippen LogP contribution in [0.5, 0.6) is 5.75 Å². The van der Waals surface area contributed by atoms with Crippen LogP contribution >= 0.6 is 11.3 Å². The molecule has 0 unspecified atom stereocenters. The fourth-order valence-electron chi connectivity index (χ4n) is 4.52. The van der Waals surface area contributed by atoms with E-state index in [0.29, 0.717) is 59.8 Å². The lowest BCUT2D eigenvalue weighted by Gasteiger charge is -2.36. The van der Waals surface area contributed by atoms with Crippen molar-refractivity contribution in [1.29, 1.82) is 0 Å². The van der Waals surface area contributed by atoms with Gasteiger partial charge in [-0.1, -0.05) is 6.07 Å². The third-order valence-electron chi connectivity index (χ3n) is 6.55. The van der Waals surface area contributed by atoms with Crippen LogP contribution in [0.3, 0.4) is 0 Å². The molecular weight excluding hydrogens is 515 g/mol. The minimum atomic E-state index is -4.53. The van der Waals surface area contributed by atoms with Crippen LogP contribution in [0.15, 0.2) is 59.4 Å². The first-order chi connectivity index (χ1) is 18.3. The molecule has 5 rings (SSSR count). The number of alkyl halides is 3. The molecule has 4 heterocycles. The van der Waals surface area contributed by atoms with Gasteiger partial charge >= 0.3 is 6.18 Å². The predicted molar refractivity (Wildman–Crippen MR) is 142 cm³/mol. The Hall–Kier alpha value is -3.70. The molecule has 198 valence electrons. The van der Waals surface area contributed by atoms with E-state index in [-0.39, 0.29) is 5.91 Å². The lowest BCUT2D eigenvalue weighted by atomic mass is 10.1. The van der Waals surface area contributed by atoms with E-state index < -0.39 is 11.9 Å². The van der Waals surface area contributed by atoms with E-state index in [9.17, 15) is 18.0 Å². The van der Waals surface area contributed by atoms with Crippen molar-refractivity contribution in [2.75, 3.05) is 51.3 Å². The number of fused-ring (bicyclic) bond motifs is 1. The summed E-state index contributed by atoms with van der Waals surface area (Å²) in [7, 11) is 1.56. The molecule has 7 nitrogen and oxygen atoms in total. The summed E-state index contributed by atoms with van der Waals surface area (Å²) >= 11 is 1.47. The highest BCUT2D eigenvalue weighted by Gasteiger charge is 2.33. The zero-order chi connectivity index (χ0) is 26.7. The lowest BCUT2D eigenvalue weighted by Crippen LogP contribution is -2.48. The molecule has 1 saturated heterocycles. The van der Waals surface area contributed by atoms with Gasteiger partial charge in [-0.25, -0.2) is 9.97 Å². The molecule has 0 spiro atoms. The molecule has 0 bridgehead atoms. The summed E-state index contributed by atoms with van der Waals surface area (Å²) in [5, 5.41) is 7.29. The number of benzene rings is 1. The number of aromatic nitrogens is 2. The topological polar surface area (TPSA) is 70.6 Å². The van der Waals surface area contributed by atoms with Crippen LogP contribution in [0.4, 0.5) is 19.0 Å². The van der Waals surface area contributed by atoms with Crippen LogP contribution in [0.2, 0.25) is 0 Å². The Kier molecular flexibility index (Phi) is 7.48. The SMILES string of the molecule is COc1cccc(C(=O)NCCN2CCN(c3ncc(-c4ccsc4)c4nc(C(F)(F)F)ccc34)CC2)c1. The molecule has 38 heavy (non-hydrogen) atoms. The van der Waals surface area contributed by atoms with Crippen molar-refractivity contribution in [3.63, 3.8) is 0 Å². The second kappa shape index (κ2) is 11.0. The van der Waals surface area contributed by atoms with Crippen LogP contribution in [-0.2, 0) is 6.18 Å². The van der Waals surface area contributed by atoms with E-state index >= 15 is 0 Å². The van der Waals surface area contributed by atoms with Crippen molar-refractivity contribution in [2.24, 2.45) is 0 Å². The van der Waals surface area contributed by atoms with Crippen LogP contribution in [0.1, 0.15) is 16.1 Å². The second-order valence-corrected chi connectivity index (χ2v) is 9.69. The quantitative estimate of drug-likeness (QED) is 0.358. The Morgan fingerprint density at radius 2 is 1.95 bits per heavy atom. The van der Waals surface area contributed by atoms with Crippen LogP contribution < -0.4 is 15.0 Å².